The topological polar surface area (TPSA) is 9.23 Å². The molecule has 0 amide bonds. The van der Waals surface area contributed by atoms with Crippen LogP contribution in [0.5, 0.6) is 0 Å². The summed E-state index contributed by atoms with van der Waals surface area (Å²) in [4.78, 5) is 0. The molecule has 0 aromatic heterocycles. The van der Waals surface area contributed by atoms with Crippen LogP contribution in [-0.4, -0.2) is 12.4 Å². The van der Waals surface area contributed by atoms with Crippen molar-refractivity contribution in [2.45, 2.75) is 0 Å². The van der Waals surface area contributed by atoms with E-state index in [1.54, 1.807) is 7.11 Å². The van der Waals surface area contributed by atoms with Gasteiger partial charge in [0, 0.05) is 0 Å². The molecule has 0 aliphatic rings. The zero-order valence-electron chi connectivity index (χ0n) is 3.70. The largest absolute Gasteiger partial charge is 0.501 e. The maximum atomic E-state index is 4.66. The van der Waals surface area contributed by atoms with Gasteiger partial charge in [-0.15, -0.1) is 0 Å². The number of alkyl halides is 1. The molecular weight excluding hydrogens is 144 g/mol. The first-order valence-corrected chi connectivity index (χ1v) is 2.71. The molecule has 0 unspecified atom stereocenters. The summed E-state index contributed by atoms with van der Waals surface area (Å²) in [5.74, 6) is 0.759. The molecule has 0 radical (unpaired) electrons. The summed E-state index contributed by atoms with van der Waals surface area (Å²) in [5, 5.41) is 0.726. The lowest BCUT2D eigenvalue weighted by Gasteiger charge is -1.93. The van der Waals surface area contributed by atoms with Crippen LogP contribution >= 0.6 is 15.9 Å². The molecule has 0 aromatic carbocycles. The smallest absolute Gasteiger partial charge is 0.0989 e. The first-order chi connectivity index (χ1) is 2.81. The lowest BCUT2D eigenvalue weighted by Crippen LogP contribution is -1.81. The third kappa shape index (κ3) is 2.27. The van der Waals surface area contributed by atoms with Crippen molar-refractivity contribution in [2.75, 3.05) is 12.4 Å². The predicted octanol–water partition coefficient (Wildman–Crippen LogP) is 1.54. The van der Waals surface area contributed by atoms with E-state index in [9.17, 15) is 0 Å². The van der Waals surface area contributed by atoms with Gasteiger partial charge in [0.15, 0.2) is 0 Å². The number of halogens is 1. The van der Waals surface area contributed by atoms with Crippen LogP contribution in [-0.2, 0) is 4.74 Å². The highest BCUT2D eigenvalue weighted by molar-refractivity contribution is 9.09. The highest BCUT2D eigenvalue weighted by atomic mass is 79.9. The molecule has 0 rings (SSSR count). The second kappa shape index (κ2) is 3.22. The summed E-state index contributed by atoms with van der Waals surface area (Å²) in [7, 11) is 1.60. The molecule has 0 bridgehead atoms. The zero-order chi connectivity index (χ0) is 4.99. The van der Waals surface area contributed by atoms with Gasteiger partial charge >= 0.3 is 0 Å². The summed E-state index contributed by atoms with van der Waals surface area (Å²) >= 11 is 3.15. The maximum Gasteiger partial charge on any atom is 0.0989 e. The van der Waals surface area contributed by atoms with E-state index < -0.39 is 0 Å². The molecule has 0 saturated heterocycles. The minimum absolute atomic E-state index is 0.726. The first-order valence-electron chi connectivity index (χ1n) is 1.59. The predicted molar refractivity (Wildman–Crippen MR) is 29.9 cm³/mol. The van der Waals surface area contributed by atoms with Crippen LogP contribution in [0.2, 0.25) is 0 Å². The average Bonchev–Trinajstić information content (AvgIpc) is 1.65. The summed E-state index contributed by atoms with van der Waals surface area (Å²) in [6, 6.07) is 0. The Morgan fingerprint density at radius 2 is 2.50 bits per heavy atom. The maximum absolute atomic E-state index is 4.66. The fourth-order valence-corrected chi connectivity index (χ4v) is 0.283. The van der Waals surface area contributed by atoms with Crippen molar-refractivity contribution in [1.29, 1.82) is 0 Å². The van der Waals surface area contributed by atoms with E-state index in [1.807, 2.05) is 0 Å². The molecule has 0 saturated carbocycles. The van der Waals surface area contributed by atoms with Gasteiger partial charge in [0.05, 0.1) is 18.2 Å². The normalized spacial score (nSPS) is 7.67. The molecule has 0 fully saturated rings. The number of ether oxygens (including phenoxy) is 1. The van der Waals surface area contributed by atoms with Gasteiger partial charge in [-0.3, -0.25) is 0 Å². The molecule has 36 valence electrons. The van der Waals surface area contributed by atoms with E-state index in [4.69, 9.17) is 0 Å². The quantitative estimate of drug-likeness (QED) is 0.429. The lowest BCUT2D eigenvalue weighted by molar-refractivity contribution is 0.298. The summed E-state index contributed by atoms with van der Waals surface area (Å²) < 4.78 is 4.66. The van der Waals surface area contributed by atoms with E-state index in [-0.39, 0.29) is 0 Å². The molecule has 0 aliphatic carbocycles. The molecule has 6 heavy (non-hydrogen) atoms. The summed E-state index contributed by atoms with van der Waals surface area (Å²) in [6.45, 7) is 3.52. The second-order valence-corrected chi connectivity index (χ2v) is 1.44. The fraction of sp³-hybridized carbons (Fsp3) is 0.500. The van der Waals surface area contributed by atoms with Crippen molar-refractivity contribution in [1.82, 2.24) is 0 Å². The van der Waals surface area contributed by atoms with Crippen LogP contribution in [0, 0.1) is 0 Å². The van der Waals surface area contributed by atoms with Crippen molar-refractivity contribution in [2.24, 2.45) is 0 Å². The van der Waals surface area contributed by atoms with Crippen molar-refractivity contribution in [3.05, 3.63) is 12.3 Å². The van der Waals surface area contributed by atoms with E-state index >= 15 is 0 Å². The number of rotatable bonds is 2. The number of methoxy groups -OCH3 is 1. The third-order valence-corrected chi connectivity index (χ3v) is 1.06. The number of hydrogen-bond donors (Lipinski definition) is 0. The van der Waals surface area contributed by atoms with E-state index in [0.717, 1.165) is 11.1 Å². The first kappa shape index (κ1) is 6.02. The Hall–Kier alpha value is 0.0200. The van der Waals surface area contributed by atoms with Gasteiger partial charge in [0.1, 0.15) is 0 Å². The highest BCUT2D eigenvalue weighted by Crippen LogP contribution is 1.93. The van der Waals surface area contributed by atoms with Gasteiger partial charge in [-0.25, -0.2) is 0 Å². The Morgan fingerprint density at radius 1 is 2.00 bits per heavy atom. The monoisotopic (exact) mass is 150 g/mol. The van der Waals surface area contributed by atoms with E-state index in [0.29, 0.717) is 0 Å². The fourth-order valence-electron chi connectivity index (χ4n) is 0.0546. The van der Waals surface area contributed by atoms with Crippen LogP contribution in [0.25, 0.3) is 0 Å². The van der Waals surface area contributed by atoms with E-state index in [1.165, 1.54) is 0 Å². The minimum Gasteiger partial charge on any atom is -0.501 e. The molecule has 0 spiro atoms. The SMILES string of the molecule is C=C(CBr)OC. The molecule has 1 nitrogen and oxygen atoms in total. The number of hydrogen-bond acceptors (Lipinski definition) is 1. The van der Waals surface area contributed by atoms with Gasteiger partial charge in [-0.05, 0) is 0 Å². The lowest BCUT2D eigenvalue weighted by atomic mass is 10.7. The molecular formula is C4H7BrO. The van der Waals surface area contributed by atoms with Crippen molar-refractivity contribution in [3.8, 4) is 0 Å². The van der Waals surface area contributed by atoms with Crippen LogP contribution in [0.3, 0.4) is 0 Å². The third-order valence-electron chi connectivity index (χ3n) is 0.438. The zero-order valence-corrected chi connectivity index (χ0v) is 5.29. The van der Waals surface area contributed by atoms with Crippen molar-refractivity contribution in [3.63, 3.8) is 0 Å². The Kier molecular flexibility index (Phi) is 3.23. The standard InChI is InChI=1S/C4H7BrO/c1-4(3-5)6-2/h1,3H2,2H3. The van der Waals surface area contributed by atoms with Crippen LogP contribution in [0.1, 0.15) is 0 Å². The Bertz CT molecular complexity index is 45.5. The molecule has 0 atom stereocenters. The van der Waals surface area contributed by atoms with Crippen LogP contribution in [0.4, 0.5) is 0 Å². The number of allylic oxidation sites excluding steroid dienone is 1. The molecule has 0 heterocycles. The Balaban J connectivity index is 2.99. The Morgan fingerprint density at radius 3 is 2.50 bits per heavy atom. The molecule has 0 aromatic rings. The van der Waals surface area contributed by atoms with Crippen molar-refractivity contribution >= 4 is 15.9 Å². The van der Waals surface area contributed by atoms with Gasteiger partial charge < -0.3 is 4.74 Å². The van der Waals surface area contributed by atoms with Gasteiger partial charge in [0.25, 0.3) is 0 Å². The molecule has 2 heteroatoms. The van der Waals surface area contributed by atoms with Crippen LogP contribution < -0.4 is 0 Å². The molecule has 0 aliphatic heterocycles. The van der Waals surface area contributed by atoms with Gasteiger partial charge in [-0.2, -0.15) is 0 Å². The highest BCUT2D eigenvalue weighted by Gasteiger charge is 1.79. The summed E-state index contributed by atoms with van der Waals surface area (Å²) in [5.41, 5.74) is 0. The molecule has 0 N–H and O–H groups in total. The Labute approximate surface area is 46.1 Å². The van der Waals surface area contributed by atoms with Gasteiger partial charge in [-0.1, -0.05) is 22.5 Å². The second-order valence-electron chi connectivity index (χ2n) is 0.876. The summed E-state index contributed by atoms with van der Waals surface area (Å²) in [6.07, 6.45) is 0. The van der Waals surface area contributed by atoms with E-state index in [2.05, 4.69) is 27.2 Å². The average molecular weight is 151 g/mol. The van der Waals surface area contributed by atoms with Crippen molar-refractivity contribution < 1.29 is 4.74 Å². The van der Waals surface area contributed by atoms with Gasteiger partial charge in [0.2, 0.25) is 0 Å². The van der Waals surface area contributed by atoms with Crippen LogP contribution in [0.15, 0.2) is 12.3 Å². The minimum atomic E-state index is 0.726.